The van der Waals surface area contributed by atoms with Crippen molar-refractivity contribution in [1.29, 1.82) is 0 Å². The minimum atomic E-state index is -1.12. The Hall–Kier alpha value is -6.42. The number of hydrogen-bond acceptors (Lipinski definition) is 10. The largest absolute Gasteiger partial charge is 0.508 e. The third-order valence-corrected chi connectivity index (χ3v) is 9.70. The molecular formula is C38H26O10. The van der Waals surface area contributed by atoms with Gasteiger partial charge in [0.05, 0.1) is 22.3 Å². The van der Waals surface area contributed by atoms with E-state index >= 15 is 0 Å². The van der Waals surface area contributed by atoms with Gasteiger partial charge in [-0.2, -0.15) is 0 Å². The number of carbonyl (C=O) groups excluding carboxylic acids is 2. The molecule has 0 bridgehead atoms. The van der Waals surface area contributed by atoms with Crippen LogP contribution in [0.2, 0.25) is 0 Å². The van der Waals surface area contributed by atoms with Crippen molar-refractivity contribution in [2.75, 3.05) is 0 Å². The second-order valence-corrected chi connectivity index (χ2v) is 12.6. The Morgan fingerprint density at radius 1 is 0.417 bits per heavy atom. The van der Waals surface area contributed by atoms with Crippen LogP contribution in [0.4, 0.5) is 0 Å². The highest BCUT2D eigenvalue weighted by molar-refractivity contribution is 6.21. The molecule has 238 valence electrons. The van der Waals surface area contributed by atoms with E-state index < -0.39 is 46.4 Å². The summed E-state index contributed by atoms with van der Waals surface area (Å²) in [5.41, 5.74) is 0.745. The van der Waals surface area contributed by atoms with E-state index in [0.717, 1.165) is 12.1 Å². The first-order valence-corrected chi connectivity index (χ1v) is 15.0. The standard InChI is InChI=1S/C38H26O10/c1-13-3-17(39)5-15-7-21-29(23-9-19(41)11-25(43)31(23)37(47)33(21)35(45)27(13)15)30-22-8-16-6-18(40)4-14(2)28(16)36(46)34(22)38(48)32-24(30)10-20(42)12-26(32)44/h3-12,29-30,39-46H,1-2H3/t29-,30-/m1/s1. The Kier molecular flexibility index (Phi) is 5.77. The lowest BCUT2D eigenvalue weighted by molar-refractivity contribution is 0.101. The summed E-state index contributed by atoms with van der Waals surface area (Å²) in [7, 11) is 0. The molecule has 0 radical (unpaired) electrons. The van der Waals surface area contributed by atoms with E-state index in [1.54, 1.807) is 26.0 Å². The molecule has 10 nitrogen and oxygen atoms in total. The van der Waals surface area contributed by atoms with Gasteiger partial charge in [-0.25, -0.2) is 0 Å². The van der Waals surface area contributed by atoms with E-state index in [1.165, 1.54) is 36.4 Å². The summed E-state index contributed by atoms with van der Waals surface area (Å²) in [5, 5.41) is 89.4. The molecule has 2 aliphatic rings. The Labute approximate surface area is 271 Å². The second-order valence-electron chi connectivity index (χ2n) is 12.6. The average Bonchev–Trinajstić information content (AvgIpc) is 2.96. The molecule has 0 aromatic heterocycles. The van der Waals surface area contributed by atoms with E-state index in [9.17, 15) is 50.4 Å². The van der Waals surface area contributed by atoms with Crippen molar-refractivity contribution in [2.24, 2.45) is 0 Å². The molecule has 10 heteroatoms. The van der Waals surface area contributed by atoms with Crippen LogP contribution in [0.1, 0.15) is 77.1 Å². The fraction of sp³-hybridized carbons (Fsp3) is 0.105. The fourth-order valence-electron chi connectivity index (χ4n) is 7.99. The van der Waals surface area contributed by atoms with Gasteiger partial charge < -0.3 is 40.9 Å². The van der Waals surface area contributed by atoms with E-state index in [0.29, 0.717) is 21.9 Å². The van der Waals surface area contributed by atoms with Crippen LogP contribution < -0.4 is 0 Å². The maximum Gasteiger partial charge on any atom is 0.201 e. The van der Waals surface area contributed by atoms with E-state index in [4.69, 9.17) is 0 Å². The number of aryl methyl sites for hydroxylation is 2. The minimum Gasteiger partial charge on any atom is -0.508 e. The number of phenols is 8. The minimum absolute atomic E-state index is 0.103. The van der Waals surface area contributed by atoms with Crippen molar-refractivity contribution in [3.8, 4) is 46.0 Å². The number of fused-ring (bicyclic) bond motifs is 6. The van der Waals surface area contributed by atoms with Crippen LogP contribution >= 0.6 is 0 Å². The Morgan fingerprint density at radius 3 is 1.12 bits per heavy atom. The molecule has 0 aliphatic heterocycles. The van der Waals surface area contributed by atoms with Gasteiger partial charge in [0, 0.05) is 34.7 Å². The number of carbonyl (C=O) groups is 2. The summed E-state index contributed by atoms with van der Waals surface area (Å²) < 4.78 is 0. The molecule has 0 spiro atoms. The highest BCUT2D eigenvalue weighted by atomic mass is 16.3. The van der Waals surface area contributed by atoms with Crippen LogP contribution in [0.15, 0.2) is 60.7 Å². The lowest BCUT2D eigenvalue weighted by Gasteiger charge is -2.39. The number of phenolic OH excluding ortho intramolecular Hbond substituents is 8. The maximum absolute atomic E-state index is 14.2. The molecule has 0 amide bonds. The van der Waals surface area contributed by atoms with Crippen LogP contribution in [-0.4, -0.2) is 52.4 Å². The zero-order chi connectivity index (χ0) is 34.1. The number of aromatic hydroxyl groups is 8. The molecule has 8 N–H and O–H groups in total. The lowest BCUT2D eigenvalue weighted by Crippen LogP contribution is -2.29. The Balaban J connectivity index is 1.58. The van der Waals surface area contributed by atoms with E-state index in [-0.39, 0.29) is 78.3 Å². The molecule has 0 saturated heterocycles. The first kappa shape index (κ1) is 29.0. The van der Waals surface area contributed by atoms with Crippen LogP contribution in [0.5, 0.6) is 46.0 Å². The topological polar surface area (TPSA) is 196 Å². The Bertz CT molecular complexity index is 2340. The third kappa shape index (κ3) is 3.74. The van der Waals surface area contributed by atoms with Crippen molar-refractivity contribution in [3.05, 3.63) is 116 Å². The molecule has 0 fully saturated rings. The van der Waals surface area contributed by atoms with Crippen molar-refractivity contribution in [3.63, 3.8) is 0 Å². The van der Waals surface area contributed by atoms with Crippen molar-refractivity contribution in [1.82, 2.24) is 0 Å². The van der Waals surface area contributed by atoms with Crippen molar-refractivity contribution >= 4 is 33.1 Å². The summed E-state index contributed by atoms with van der Waals surface area (Å²) in [6.45, 7) is 3.30. The summed E-state index contributed by atoms with van der Waals surface area (Å²) in [4.78, 5) is 28.4. The second kappa shape index (κ2) is 9.55. The summed E-state index contributed by atoms with van der Waals surface area (Å²) >= 11 is 0. The predicted molar refractivity (Wildman–Crippen MR) is 174 cm³/mol. The lowest BCUT2D eigenvalue weighted by atomic mass is 9.63. The first-order valence-electron chi connectivity index (χ1n) is 15.0. The van der Waals surface area contributed by atoms with Crippen molar-refractivity contribution in [2.45, 2.75) is 25.7 Å². The summed E-state index contributed by atoms with van der Waals surface area (Å²) in [6.07, 6.45) is 0. The van der Waals surface area contributed by atoms with Gasteiger partial charge in [-0.3, -0.25) is 9.59 Å². The van der Waals surface area contributed by atoms with Gasteiger partial charge >= 0.3 is 0 Å². The molecule has 0 heterocycles. The van der Waals surface area contributed by atoms with Crippen LogP contribution in [0.25, 0.3) is 21.5 Å². The zero-order valence-corrected chi connectivity index (χ0v) is 25.3. The van der Waals surface area contributed by atoms with E-state index in [1.807, 2.05) is 0 Å². The number of benzene rings is 6. The molecule has 8 rings (SSSR count). The van der Waals surface area contributed by atoms with Gasteiger partial charge in [0.2, 0.25) is 11.6 Å². The zero-order valence-electron chi connectivity index (χ0n) is 25.3. The van der Waals surface area contributed by atoms with Crippen LogP contribution in [0, 0.1) is 13.8 Å². The number of rotatable bonds is 1. The molecule has 6 aromatic rings. The Morgan fingerprint density at radius 2 is 0.750 bits per heavy atom. The van der Waals surface area contributed by atoms with Gasteiger partial charge in [0.15, 0.2) is 0 Å². The van der Waals surface area contributed by atoms with Gasteiger partial charge in [-0.05, 0) is 107 Å². The highest BCUT2D eigenvalue weighted by Crippen LogP contribution is 2.58. The summed E-state index contributed by atoms with van der Waals surface area (Å²) in [5.74, 6) is -6.68. The third-order valence-electron chi connectivity index (χ3n) is 9.70. The van der Waals surface area contributed by atoms with Gasteiger partial charge in [0.1, 0.15) is 46.0 Å². The van der Waals surface area contributed by atoms with E-state index in [2.05, 4.69) is 0 Å². The molecule has 6 aromatic carbocycles. The predicted octanol–water partition coefficient (Wildman–Crippen LogP) is 6.31. The molecular weight excluding hydrogens is 616 g/mol. The SMILES string of the molecule is Cc1cc(O)cc2cc3c(c(O)c12)C(=O)c1c(O)cc(O)cc1[C@@H]3[C@H]1c2cc(O)cc(O)c2C(=O)c2c1cc1cc(O)cc(C)c1c2O. The van der Waals surface area contributed by atoms with Gasteiger partial charge in [-0.1, -0.05) is 0 Å². The molecule has 0 unspecified atom stereocenters. The first-order chi connectivity index (χ1) is 22.8. The van der Waals surface area contributed by atoms with Crippen LogP contribution in [0.3, 0.4) is 0 Å². The molecule has 48 heavy (non-hydrogen) atoms. The maximum atomic E-state index is 14.2. The summed E-state index contributed by atoms with van der Waals surface area (Å²) in [6, 6.07) is 13.4. The smallest absolute Gasteiger partial charge is 0.201 e. The monoisotopic (exact) mass is 642 g/mol. The molecule has 0 saturated carbocycles. The molecule has 2 atom stereocenters. The highest BCUT2D eigenvalue weighted by Gasteiger charge is 2.46. The fourth-order valence-corrected chi connectivity index (χ4v) is 7.99. The number of hydrogen-bond donors (Lipinski definition) is 8. The van der Waals surface area contributed by atoms with Crippen molar-refractivity contribution < 1.29 is 50.4 Å². The quantitative estimate of drug-likeness (QED) is 0.101. The van der Waals surface area contributed by atoms with Crippen LogP contribution in [-0.2, 0) is 0 Å². The molecule has 2 aliphatic carbocycles. The number of ketones is 2. The van der Waals surface area contributed by atoms with Gasteiger partial charge in [-0.15, -0.1) is 0 Å². The van der Waals surface area contributed by atoms with Gasteiger partial charge in [0.25, 0.3) is 0 Å². The average molecular weight is 643 g/mol. The normalized spacial score (nSPS) is 16.5.